The Morgan fingerprint density at radius 3 is 2.67 bits per heavy atom. The fraction of sp³-hybridized carbons (Fsp3) is 0.263. The SMILES string of the molecule is C=CCc1c(-c2ccc(-c3nnn[nH]3)c(=O)[nH]2)ccc(OC)c1OCCC. The third-order valence-corrected chi connectivity index (χ3v) is 4.04. The summed E-state index contributed by atoms with van der Waals surface area (Å²) in [5, 5.41) is 13.4. The standard InChI is InChI=1S/C19H21N5O3/c1-4-6-13-12(8-10-16(26-3)17(13)27-11-5-2)15-9-7-14(19(25)20-15)18-21-23-24-22-18/h4,7-10H,1,5-6,11H2,2-3H3,(H,20,25)(H,21,22,23,24). The zero-order valence-corrected chi connectivity index (χ0v) is 15.3. The van der Waals surface area contributed by atoms with E-state index in [0.29, 0.717) is 41.6 Å². The fourth-order valence-corrected chi connectivity index (χ4v) is 2.82. The van der Waals surface area contributed by atoms with Crippen molar-refractivity contribution in [2.75, 3.05) is 13.7 Å². The molecule has 2 heterocycles. The van der Waals surface area contributed by atoms with Gasteiger partial charge in [-0.15, -0.1) is 11.7 Å². The highest BCUT2D eigenvalue weighted by Crippen LogP contribution is 2.38. The minimum atomic E-state index is -0.289. The van der Waals surface area contributed by atoms with Gasteiger partial charge >= 0.3 is 0 Å². The Labute approximate surface area is 156 Å². The molecule has 0 saturated carbocycles. The largest absolute Gasteiger partial charge is 0.493 e. The van der Waals surface area contributed by atoms with Gasteiger partial charge in [-0.25, -0.2) is 5.10 Å². The minimum absolute atomic E-state index is 0.289. The van der Waals surface area contributed by atoms with Gasteiger partial charge in [0.1, 0.15) is 0 Å². The maximum atomic E-state index is 12.5. The summed E-state index contributed by atoms with van der Waals surface area (Å²) in [6, 6.07) is 7.24. The number of tetrazole rings is 1. The first-order valence-corrected chi connectivity index (χ1v) is 8.61. The molecule has 140 valence electrons. The van der Waals surface area contributed by atoms with Crippen LogP contribution in [0.2, 0.25) is 0 Å². The van der Waals surface area contributed by atoms with Crippen LogP contribution in [-0.2, 0) is 6.42 Å². The molecule has 2 N–H and O–H groups in total. The van der Waals surface area contributed by atoms with Gasteiger partial charge in [-0.1, -0.05) is 13.0 Å². The Bertz CT molecular complexity index is 980. The molecule has 0 fully saturated rings. The number of hydrogen-bond acceptors (Lipinski definition) is 6. The van der Waals surface area contributed by atoms with Gasteiger partial charge in [0.15, 0.2) is 17.3 Å². The van der Waals surface area contributed by atoms with Crippen molar-refractivity contribution in [1.29, 1.82) is 0 Å². The summed E-state index contributed by atoms with van der Waals surface area (Å²) in [4.78, 5) is 15.4. The molecule has 8 heteroatoms. The fourth-order valence-electron chi connectivity index (χ4n) is 2.82. The lowest BCUT2D eigenvalue weighted by atomic mass is 9.99. The molecule has 1 aromatic carbocycles. The Morgan fingerprint density at radius 2 is 2.04 bits per heavy atom. The van der Waals surface area contributed by atoms with E-state index >= 15 is 0 Å². The molecule has 8 nitrogen and oxygen atoms in total. The second-order valence-electron chi connectivity index (χ2n) is 5.83. The minimum Gasteiger partial charge on any atom is -0.493 e. The number of allylic oxidation sites excluding steroid dienone is 1. The van der Waals surface area contributed by atoms with E-state index in [1.807, 2.05) is 25.1 Å². The Hall–Kier alpha value is -3.42. The number of benzene rings is 1. The molecule has 0 spiro atoms. The quantitative estimate of drug-likeness (QED) is 0.593. The van der Waals surface area contributed by atoms with Crippen LogP contribution in [0, 0.1) is 0 Å². The van der Waals surface area contributed by atoms with Crippen LogP contribution in [-0.4, -0.2) is 39.3 Å². The zero-order chi connectivity index (χ0) is 19.2. The van der Waals surface area contributed by atoms with Crippen LogP contribution in [0.1, 0.15) is 18.9 Å². The molecule has 0 aliphatic rings. The molecule has 3 rings (SSSR count). The summed E-state index contributed by atoms with van der Waals surface area (Å²) in [5.74, 6) is 1.63. The van der Waals surface area contributed by atoms with E-state index in [9.17, 15) is 4.79 Å². The highest BCUT2D eigenvalue weighted by Gasteiger charge is 2.17. The molecular formula is C19H21N5O3. The van der Waals surface area contributed by atoms with Crippen molar-refractivity contribution >= 4 is 0 Å². The Balaban J connectivity index is 2.11. The van der Waals surface area contributed by atoms with Gasteiger partial charge in [-0.05, 0) is 47.5 Å². The number of ether oxygens (including phenoxy) is 2. The lowest BCUT2D eigenvalue weighted by Gasteiger charge is -2.18. The third kappa shape index (κ3) is 3.74. The maximum absolute atomic E-state index is 12.5. The van der Waals surface area contributed by atoms with Crippen molar-refractivity contribution in [3.05, 3.63) is 52.8 Å². The van der Waals surface area contributed by atoms with Gasteiger partial charge in [-0.3, -0.25) is 4.79 Å². The van der Waals surface area contributed by atoms with Gasteiger partial charge in [0.2, 0.25) is 0 Å². The number of pyridine rings is 1. The number of nitrogens with one attached hydrogen (secondary N) is 2. The molecule has 0 amide bonds. The zero-order valence-electron chi connectivity index (χ0n) is 15.3. The Kier molecular flexibility index (Phi) is 5.65. The van der Waals surface area contributed by atoms with Gasteiger partial charge in [0, 0.05) is 16.8 Å². The van der Waals surface area contributed by atoms with E-state index in [4.69, 9.17) is 9.47 Å². The van der Waals surface area contributed by atoms with Crippen LogP contribution in [0.3, 0.4) is 0 Å². The van der Waals surface area contributed by atoms with Crippen molar-refractivity contribution in [3.63, 3.8) is 0 Å². The smallest absolute Gasteiger partial charge is 0.259 e. The van der Waals surface area contributed by atoms with E-state index in [2.05, 4.69) is 32.2 Å². The van der Waals surface area contributed by atoms with E-state index in [-0.39, 0.29) is 5.56 Å². The van der Waals surface area contributed by atoms with Crippen LogP contribution in [0.5, 0.6) is 11.5 Å². The molecule has 0 atom stereocenters. The average Bonchev–Trinajstić information content (AvgIpc) is 3.21. The molecule has 0 aliphatic carbocycles. The van der Waals surface area contributed by atoms with Gasteiger partial charge < -0.3 is 14.5 Å². The third-order valence-electron chi connectivity index (χ3n) is 4.04. The molecule has 0 saturated heterocycles. The lowest BCUT2D eigenvalue weighted by molar-refractivity contribution is 0.292. The predicted molar refractivity (Wildman–Crippen MR) is 102 cm³/mol. The molecule has 0 unspecified atom stereocenters. The summed E-state index contributed by atoms with van der Waals surface area (Å²) in [7, 11) is 1.60. The number of H-pyrrole nitrogens is 2. The molecule has 27 heavy (non-hydrogen) atoms. The van der Waals surface area contributed by atoms with Crippen molar-refractivity contribution in [1.82, 2.24) is 25.6 Å². The number of aromatic nitrogens is 5. The normalized spacial score (nSPS) is 10.6. The number of nitrogens with zero attached hydrogens (tertiary/aromatic N) is 3. The van der Waals surface area contributed by atoms with E-state index < -0.39 is 0 Å². The first-order chi connectivity index (χ1) is 13.2. The maximum Gasteiger partial charge on any atom is 0.259 e. The molecule has 0 bridgehead atoms. The Morgan fingerprint density at radius 1 is 1.22 bits per heavy atom. The number of hydrogen-bond donors (Lipinski definition) is 2. The van der Waals surface area contributed by atoms with Crippen LogP contribution < -0.4 is 15.0 Å². The van der Waals surface area contributed by atoms with Crippen LogP contribution >= 0.6 is 0 Å². The van der Waals surface area contributed by atoms with E-state index in [1.54, 1.807) is 19.3 Å². The van der Waals surface area contributed by atoms with Crippen LogP contribution in [0.15, 0.2) is 41.7 Å². The predicted octanol–water partition coefficient (Wildman–Crippen LogP) is 2.75. The number of rotatable bonds is 8. The highest BCUT2D eigenvalue weighted by atomic mass is 16.5. The molecule has 2 aromatic heterocycles. The van der Waals surface area contributed by atoms with Crippen molar-refractivity contribution in [2.24, 2.45) is 0 Å². The van der Waals surface area contributed by atoms with Crippen molar-refractivity contribution in [2.45, 2.75) is 19.8 Å². The molecular weight excluding hydrogens is 346 g/mol. The lowest BCUT2D eigenvalue weighted by Crippen LogP contribution is -2.11. The highest BCUT2D eigenvalue weighted by molar-refractivity contribution is 5.71. The summed E-state index contributed by atoms with van der Waals surface area (Å²) < 4.78 is 11.4. The average molecular weight is 367 g/mol. The monoisotopic (exact) mass is 367 g/mol. The molecule has 3 aromatic rings. The molecule has 0 radical (unpaired) electrons. The van der Waals surface area contributed by atoms with Crippen LogP contribution in [0.4, 0.5) is 0 Å². The van der Waals surface area contributed by atoms with Gasteiger partial charge in [-0.2, -0.15) is 0 Å². The summed E-state index contributed by atoms with van der Waals surface area (Å²) in [6.45, 7) is 6.45. The van der Waals surface area contributed by atoms with Gasteiger partial charge in [0.25, 0.3) is 5.56 Å². The van der Waals surface area contributed by atoms with Gasteiger partial charge in [0.05, 0.1) is 19.3 Å². The number of aromatic amines is 2. The summed E-state index contributed by atoms with van der Waals surface area (Å²) in [5.41, 5.74) is 2.49. The van der Waals surface area contributed by atoms with E-state index in [1.165, 1.54) is 0 Å². The topological polar surface area (TPSA) is 106 Å². The summed E-state index contributed by atoms with van der Waals surface area (Å²) in [6.07, 6.45) is 3.24. The summed E-state index contributed by atoms with van der Waals surface area (Å²) >= 11 is 0. The van der Waals surface area contributed by atoms with Crippen LogP contribution in [0.25, 0.3) is 22.6 Å². The number of methoxy groups -OCH3 is 1. The first kappa shape index (κ1) is 18.4. The second-order valence-corrected chi connectivity index (χ2v) is 5.83. The first-order valence-electron chi connectivity index (χ1n) is 8.61. The van der Waals surface area contributed by atoms with E-state index in [0.717, 1.165) is 17.5 Å². The molecule has 0 aliphatic heterocycles. The van der Waals surface area contributed by atoms with Crippen molar-refractivity contribution < 1.29 is 9.47 Å². The second kappa shape index (κ2) is 8.31. The van der Waals surface area contributed by atoms with Crippen molar-refractivity contribution in [3.8, 4) is 34.1 Å².